The number of amides is 1. The molecule has 0 N–H and O–H groups in total. The molecule has 0 radical (unpaired) electrons. The molecule has 1 saturated heterocycles. The van der Waals surface area contributed by atoms with Crippen LogP contribution < -0.4 is 4.74 Å². The topological polar surface area (TPSA) is 92.7 Å². The van der Waals surface area contributed by atoms with E-state index in [1.807, 2.05) is 0 Å². The zero-order valence-corrected chi connectivity index (χ0v) is 19.5. The maximum atomic E-state index is 12.8. The largest absolute Gasteiger partial charge is 0.467 e. The molecule has 1 aromatic carbocycles. The fourth-order valence-corrected chi connectivity index (χ4v) is 6.93. The second kappa shape index (κ2) is 8.58. The number of carbonyl (C=O) groups excluding carboxylic acids is 1. The second-order valence-electron chi connectivity index (χ2n) is 7.74. The SMILES string of the molecule is O=C(COc1ncnc2sc3c(c12)CCC3)N1CCN(S(=O)(=O)c2ccc(Cl)cc2)CC1. The number of halogens is 1. The summed E-state index contributed by atoms with van der Waals surface area (Å²) in [6.45, 7) is 0.934. The minimum atomic E-state index is -3.62. The van der Waals surface area contributed by atoms with E-state index >= 15 is 0 Å². The van der Waals surface area contributed by atoms with Gasteiger partial charge in [0, 0.05) is 36.1 Å². The van der Waals surface area contributed by atoms with Crippen molar-refractivity contribution in [2.75, 3.05) is 32.8 Å². The number of carbonyl (C=O) groups is 1. The second-order valence-corrected chi connectivity index (χ2v) is 11.2. The van der Waals surface area contributed by atoms with Gasteiger partial charge >= 0.3 is 0 Å². The number of thiophene rings is 1. The van der Waals surface area contributed by atoms with E-state index in [-0.39, 0.29) is 30.5 Å². The van der Waals surface area contributed by atoms with Crippen molar-refractivity contribution in [3.8, 4) is 5.88 Å². The first-order valence-corrected chi connectivity index (χ1v) is 13.0. The van der Waals surface area contributed by atoms with Crippen molar-refractivity contribution in [3.63, 3.8) is 0 Å². The van der Waals surface area contributed by atoms with Crippen LogP contribution in [-0.2, 0) is 27.7 Å². The van der Waals surface area contributed by atoms with Gasteiger partial charge in [-0.05, 0) is 49.1 Å². The Morgan fingerprint density at radius 1 is 1.09 bits per heavy atom. The quantitative estimate of drug-likeness (QED) is 0.543. The predicted octanol–water partition coefficient (Wildman–Crippen LogP) is 2.75. The van der Waals surface area contributed by atoms with Crippen LogP contribution in [-0.4, -0.2) is 66.3 Å². The molecule has 1 amide bonds. The number of nitrogens with zero attached hydrogens (tertiary/aromatic N) is 4. The Bertz CT molecular complexity index is 1270. The van der Waals surface area contributed by atoms with Gasteiger partial charge in [0.05, 0.1) is 10.3 Å². The number of sulfonamides is 1. The third-order valence-corrected chi connectivity index (χ3v) is 9.21. The third kappa shape index (κ3) is 3.96. The van der Waals surface area contributed by atoms with Crippen molar-refractivity contribution >= 4 is 49.1 Å². The summed E-state index contributed by atoms with van der Waals surface area (Å²) in [6, 6.07) is 6.09. The lowest BCUT2D eigenvalue weighted by molar-refractivity contribution is -0.134. The van der Waals surface area contributed by atoms with Crippen LogP contribution in [0, 0.1) is 0 Å². The van der Waals surface area contributed by atoms with Crippen LogP contribution >= 0.6 is 22.9 Å². The molecule has 0 unspecified atom stereocenters. The molecule has 5 rings (SSSR count). The molecule has 1 aliphatic carbocycles. The molecule has 8 nitrogen and oxygen atoms in total. The van der Waals surface area contributed by atoms with E-state index in [2.05, 4.69) is 9.97 Å². The Morgan fingerprint density at radius 2 is 1.84 bits per heavy atom. The summed E-state index contributed by atoms with van der Waals surface area (Å²) >= 11 is 7.53. The van der Waals surface area contributed by atoms with E-state index in [1.165, 1.54) is 33.2 Å². The molecule has 0 bridgehead atoms. The number of ether oxygens (including phenoxy) is 1. The van der Waals surface area contributed by atoms with Gasteiger partial charge in [-0.15, -0.1) is 11.3 Å². The molecule has 0 spiro atoms. The van der Waals surface area contributed by atoms with Crippen LogP contribution in [0.3, 0.4) is 0 Å². The fraction of sp³-hybridized carbons (Fsp3) is 0.381. The highest BCUT2D eigenvalue weighted by Crippen LogP contribution is 2.39. The number of benzene rings is 1. The first-order chi connectivity index (χ1) is 15.4. The average molecular weight is 493 g/mol. The minimum Gasteiger partial charge on any atom is -0.467 e. The van der Waals surface area contributed by atoms with E-state index in [1.54, 1.807) is 28.4 Å². The lowest BCUT2D eigenvalue weighted by atomic mass is 10.2. The normalized spacial score (nSPS) is 17.0. The van der Waals surface area contributed by atoms with Crippen LogP contribution in [0.15, 0.2) is 35.5 Å². The van der Waals surface area contributed by atoms with Crippen molar-refractivity contribution in [1.29, 1.82) is 0 Å². The van der Waals surface area contributed by atoms with Crippen molar-refractivity contribution in [3.05, 3.63) is 46.1 Å². The highest BCUT2D eigenvalue weighted by molar-refractivity contribution is 7.89. The Kier molecular flexibility index (Phi) is 5.79. The number of aromatic nitrogens is 2. The van der Waals surface area contributed by atoms with Gasteiger partial charge in [0.2, 0.25) is 15.9 Å². The number of fused-ring (bicyclic) bond motifs is 3. The van der Waals surface area contributed by atoms with E-state index in [4.69, 9.17) is 16.3 Å². The van der Waals surface area contributed by atoms with Crippen LogP contribution in [0.1, 0.15) is 16.9 Å². The summed E-state index contributed by atoms with van der Waals surface area (Å²) in [5.74, 6) is 0.263. The summed E-state index contributed by atoms with van der Waals surface area (Å²) in [5.41, 5.74) is 1.24. The summed E-state index contributed by atoms with van der Waals surface area (Å²) in [7, 11) is -3.62. The molecule has 2 aliphatic rings. The van der Waals surface area contributed by atoms with Crippen molar-refractivity contribution in [2.45, 2.75) is 24.2 Å². The summed E-state index contributed by atoms with van der Waals surface area (Å²) in [5, 5.41) is 1.41. The van der Waals surface area contributed by atoms with E-state index in [0.29, 0.717) is 24.0 Å². The monoisotopic (exact) mass is 492 g/mol. The van der Waals surface area contributed by atoms with Crippen molar-refractivity contribution < 1.29 is 17.9 Å². The number of hydrogen-bond donors (Lipinski definition) is 0. The third-order valence-electron chi connectivity index (χ3n) is 5.84. The lowest BCUT2D eigenvalue weighted by Gasteiger charge is -2.33. The zero-order valence-electron chi connectivity index (χ0n) is 17.2. The molecule has 2 aromatic heterocycles. The van der Waals surface area contributed by atoms with Crippen LogP contribution in [0.25, 0.3) is 10.2 Å². The van der Waals surface area contributed by atoms with Gasteiger partial charge in [0.1, 0.15) is 11.2 Å². The standard InChI is InChI=1S/C21H21ClN4O4S2/c22-14-4-6-15(7-5-14)32(28,29)26-10-8-25(9-11-26)18(27)12-30-20-19-16-2-1-3-17(16)31-21(19)24-13-23-20/h4-7,13H,1-3,8-12H2. The van der Waals surface area contributed by atoms with Gasteiger partial charge in [-0.3, -0.25) is 4.79 Å². The Morgan fingerprint density at radius 3 is 2.59 bits per heavy atom. The summed E-state index contributed by atoms with van der Waals surface area (Å²) < 4.78 is 32.8. The average Bonchev–Trinajstić information content (AvgIpc) is 3.39. The van der Waals surface area contributed by atoms with E-state index < -0.39 is 10.0 Å². The van der Waals surface area contributed by atoms with Gasteiger partial charge in [0.15, 0.2) is 6.61 Å². The van der Waals surface area contributed by atoms with Gasteiger partial charge < -0.3 is 9.64 Å². The summed E-state index contributed by atoms with van der Waals surface area (Å²) in [6.07, 6.45) is 4.62. The van der Waals surface area contributed by atoms with E-state index in [0.717, 1.165) is 29.5 Å². The minimum absolute atomic E-state index is 0.138. The zero-order chi connectivity index (χ0) is 22.3. The smallest absolute Gasteiger partial charge is 0.260 e. The highest BCUT2D eigenvalue weighted by Gasteiger charge is 2.30. The molecule has 11 heteroatoms. The molecule has 1 aliphatic heterocycles. The van der Waals surface area contributed by atoms with E-state index in [9.17, 15) is 13.2 Å². The number of hydrogen-bond acceptors (Lipinski definition) is 7. The molecule has 0 atom stereocenters. The Hall–Kier alpha value is -2.27. The van der Waals surface area contributed by atoms with Crippen molar-refractivity contribution in [1.82, 2.24) is 19.2 Å². The first-order valence-electron chi connectivity index (χ1n) is 10.3. The molecule has 32 heavy (non-hydrogen) atoms. The molecular formula is C21H21ClN4O4S2. The van der Waals surface area contributed by atoms with Crippen LogP contribution in [0.5, 0.6) is 5.88 Å². The van der Waals surface area contributed by atoms with Gasteiger partial charge in [-0.1, -0.05) is 11.6 Å². The number of piperazine rings is 1. The molecular weight excluding hydrogens is 472 g/mol. The molecule has 168 valence electrons. The Labute approximate surface area is 194 Å². The fourth-order valence-electron chi connectivity index (χ4n) is 4.16. The van der Waals surface area contributed by atoms with Crippen LogP contribution in [0.2, 0.25) is 5.02 Å². The molecule has 0 saturated carbocycles. The molecule has 3 heterocycles. The van der Waals surface area contributed by atoms with Crippen LogP contribution in [0.4, 0.5) is 0 Å². The van der Waals surface area contributed by atoms with Gasteiger partial charge in [-0.2, -0.15) is 4.31 Å². The maximum absolute atomic E-state index is 12.8. The first kappa shape index (κ1) is 21.6. The van der Waals surface area contributed by atoms with Crippen molar-refractivity contribution in [2.24, 2.45) is 0 Å². The van der Waals surface area contributed by atoms with Gasteiger partial charge in [0.25, 0.3) is 5.91 Å². The Balaban J connectivity index is 1.21. The summed E-state index contributed by atoms with van der Waals surface area (Å²) in [4.78, 5) is 25.4. The molecule has 3 aromatic rings. The molecule has 1 fully saturated rings. The number of rotatable bonds is 5. The van der Waals surface area contributed by atoms with Gasteiger partial charge in [-0.25, -0.2) is 18.4 Å². The maximum Gasteiger partial charge on any atom is 0.260 e. The highest BCUT2D eigenvalue weighted by atomic mass is 35.5. The lowest BCUT2D eigenvalue weighted by Crippen LogP contribution is -2.51. The predicted molar refractivity (Wildman–Crippen MR) is 122 cm³/mol. The number of aryl methyl sites for hydroxylation is 2.